The molecule has 0 fully saturated rings. The number of thioether (sulfide) groups is 2. The van der Waals surface area contributed by atoms with Gasteiger partial charge in [-0.15, -0.1) is 0 Å². The van der Waals surface area contributed by atoms with E-state index in [9.17, 15) is 9.59 Å². The molecule has 0 aliphatic heterocycles. The van der Waals surface area contributed by atoms with Crippen molar-refractivity contribution in [3.8, 4) is 0 Å². The molecule has 0 saturated heterocycles. The molecule has 108 valence electrons. The van der Waals surface area contributed by atoms with Crippen LogP contribution in [0.1, 0.15) is 6.42 Å². The molecule has 0 bridgehead atoms. The van der Waals surface area contributed by atoms with Crippen molar-refractivity contribution in [2.75, 3.05) is 36.2 Å². The SMILES string of the molecule is C=CC(=O)OCCSCCCSCCOC(=O)C=C. The molecule has 0 aliphatic rings. The monoisotopic (exact) mass is 304 g/mol. The van der Waals surface area contributed by atoms with Gasteiger partial charge in [0.2, 0.25) is 0 Å². The van der Waals surface area contributed by atoms with Crippen LogP contribution >= 0.6 is 23.5 Å². The Morgan fingerprint density at radius 3 is 1.63 bits per heavy atom. The fourth-order valence-corrected chi connectivity index (χ4v) is 2.68. The molecular weight excluding hydrogens is 284 g/mol. The fraction of sp³-hybridized carbons (Fsp3) is 0.538. The van der Waals surface area contributed by atoms with Crippen molar-refractivity contribution < 1.29 is 19.1 Å². The molecule has 0 radical (unpaired) electrons. The Balaban J connectivity index is 3.10. The van der Waals surface area contributed by atoms with Crippen LogP contribution < -0.4 is 0 Å². The Labute approximate surface area is 123 Å². The van der Waals surface area contributed by atoms with E-state index in [1.807, 2.05) is 0 Å². The van der Waals surface area contributed by atoms with E-state index in [0.717, 1.165) is 29.4 Å². The molecular formula is C13H20O4S2. The van der Waals surface area contributed by atoms with Gasteiger partial charge in [-0.2, -0.15) is 23.5 Å². The van der Waals surface area contributed by atoms with Gasteiger partial charge in [-0.25, -0.2) is 9.59 Å². The first-order valence-electron chi connectivity index (χ1n) is 5.94. The highest BCUT2D eigenvalue weighted by atomic mass is 32.2. The minimum Gasteiger partial charge on any atom is -0.462 e. The summed E-state index contributed by atoms with van der Waals surface area (Å²) in [6.07, 6.45) is 3.42. The number of esters is 2. The van der Waals surface area contributed by atoms with Crippen LogP contribution in [0.3, 0.4) is 0 Å². The summed E-state index contributed by atoms with van der Waals surface area (Å²) in [4.78, 5) is 21.4. The first-order valence-corrected chi connectivity index (χ1v) is 8.25. The van der Waals surface area contributed by atoms with E-state index in [0.29, 0.717) is 13.2 Å². The molecule has 0 heterocycles. The van der Waals surface area contributed by atoms with Gasteiger partial charge in [0.15, 0.2) is 0 Å². The van der Waals surface area contributed by atoms with Crippen molar-refractivity contribution >= 4 is 35.5 Å². The summed E-state index contributed by atoms with van der Waals surface area (Å²) in [5, 5.41) is 0. The zero-order chi connectivity index (χ0) is 14.3. The average molecular weight is 304 g/mol. The summed E-state index contributed by atoms with van der Waals surface area (Å²) >= 11 is 3.51. The Kier molecular flexibility index (Phi) is 12.9. The molecule has 6 heteroatoms. The molecule has 0 aromatic carbocycles. The van der Waals surface area contributed by atoms with Crippen LogP contribution in [-0.2, 0) is 19.1 Å². The molecule has 19 heavy (non-hydrogen) atoms. The zero-order valence-electron chi connectivity index (χ0n) is 11.0. The van der Waals surface area contributed by atoms with Crippen molar-refractivity contribution in [2.24, 2.45) is 0 Å². The maximum atomic E-state index is 10.7. The number of ether oxygens (including phenoxy) is 2. The van der Waals surface area contributed by atoms with E-state index in [1.54, 1.807) is 23.5 Å². The molecule has 0 unspecified atom stereocenters. The average Bonchev–Trinajstić information content (AvgIpc) is 2.43. The van der Waals surface area contributed by atoms with E-state index in [2.05, 4.69) is 13.2 Å². The minimum atomic E-state index is -0.370. The Morgan fingerprint density at radius 2 is 1.26 bits per heavy atom. The number of hydrogen-bond donors (Lipinski definition) is 0. The van der Waals surface area contributed by atoms with E-state index >= 15 is 0 Å². The van der Waals surface area contributed by atoms with E-state index in [4.69, 9.17) is 9.47 Å². The largest absolute Gasteiger partial charge is 0.462 e. The van der Waals surface area contributed by atoms with Gasteiger partial charge in [0.25, 0.3) is 0 Å². The van der Waals surface area contributed by atoms with Gasteiger partial charge in [0, 0.05) is 23.7 Å². The molecule has 0 aromatic heterocycles. The normalized spacial score (nSPS) is 9.68. The Bertz CT molecular complexity index is 264. The third-order valence-electron chi connectivity index (χ3n) is 1.85. The van der Waals surface area contributed by atoms with Crippen LogP contribution in [0.2, 0.25) is 0 Å². The second kappa shape index (κ2) is 13.5. The maximum Gasteiger partial charge on any atom is 0.330 e. The predicted molar refractivity (Wildman–Crippen MR) is 81.6 cm³/mol. The van der Waals surface area contributed by atoms with Crippen LogP contribution in [0, 0.1) is 0 Å². The lowest BCUT2D eigenvalue weighted by atomic mass is 10.6. The molecule has 0 amide bonds. The summed E-state index contributed by atoms with van der Waals surface area (Å²) in [6.45, 7) is 7.50. The number of carbonyl (C=O) groups excluding carboxylic acids is 2. The highest BCUT2D eigenvalue weighted by molar-refractivity contribution is 8.00. The molecule has 0 N–H and O–H groups in total. The molecule has 0 rings (SSSR count). The zero-order valence-corrected chi connectivity index (χ0v) is 12.6. The molecule has 0 aromatic rings. The van der Waals surface area contributed by atoms with E-state index in [-0.39, 0.29) is 11.9 Å². The quantitative estimate of drug-likeness (QED) is 0.313. The predicted octanol–water partition coefficient (Wildman–Crippen LogP) is 2.30. The van der Waals surface area contributed by atoms with Gasteiger partial charge < -0.3 is 9.47 Å². The van der Waals surface area contributed by atoms with Gasteiger partial charge in [-0.3, -0.25) is 0 Å². The first-order chi connectivity index (χ1) is 9.20. The standard InChI is InChI=1S/C13H20O4S2/c1-3-12(14)16-6-10-18-8-5-9-19-11-7-17-13(15)4-2/h3-4H,1-2,5-11H2. The lowest BCUT2D eigenvalue weighted by Gasteiger charge is -2.03. The van der Waals surface area contributed by atoms with Crippen molar-refractivity contribution in [3.63, 3.8) is 0 Å². The van der Waals surface area contributed by atoms with Crippen molar-refractivity contribution in [1.82, 2.24) is 0 Å². The molecule has 4 nitrogen and oxygen atoms in total. The third kappa shape index (κ3) is 13.4. The summed E-state index contributed by atoms with van der Waals surface area (Å²) in [5.41, 5.74) is 0. The second-order valence-corrected chi connectivity index (χ2v) is 5.77. The Hall–Kier alpha value is -0.880. The minimum absolute atomic E-state index is 0.370. The van der Waals surface area contributed by atoms with E-state index < -0.39 is 0 Å². The highest BCUT2D eigenvalue weighted by Crippen LogP contribution is 2.08. The van der Waals surface area contributed by atoms with Gasteiger partial charge in [0.1, 0.15) is 13.2 Å². The number of carbonyl (C=O) groups is 2. The fourth-order valence-electron chi connectivity index (χ4n) is 0.987. The van der Waals surface area contributed by atoms with Crippen LogP contribution in [0.5, 0.6) is 0 Å². The molecule has 0 spiro atoms. The maximum absolute atomic E-state index is 10.7. The summed E-state index contributed by atoms with van der Waals surface area (Å²) in [5.74, 6) is 2.94. The molecule has 0 aliphatic carbocycles. The molecule has 0 atom stereocenters. The second-order valence-electron chi connectivity index (χ2n) is 3.32. The number of rotatable bonds is 12. The first kappa shape index (κ1) is 18.1. The lowest BCUT2D eigenvalue weighted by Crippen LogP contribution is -2.05. The van der Waals surface area contributed by atoms with Crippen LogP contribution in [-0.4, -0.2) is 48.2 Å². The van der Waals surface area contributed by atoms with Crippen molar-refractivity contribution in [2.45, 2.75) is 6.42 Å². The van der Waals surface area contributed by atoms with Crippen LogP contribution in [0.4, 0.5) is 0 Å². The van der Waals surface area contributed by atoms with Gasteiger partial charge in [-0.05, 0) is 17.9 Å². The van der Waals surface area contributed by atoms with Crippen LogP contribution in [0.15, 0.2) is 25.3 Å². The van der Waals surface area contributed by atoms with Crippen molar-refractivity contribution in [3.05, 3.63) is 25.3 Å². The van der Waals surface area contributed by atoms with Crippen molar-refractivity contribution in [1.29, 1.82) is 0 Å². The van der Waals surface area contributed by atoms with E-state index in [1.165, 1.54) is 12.2 Å². The summed E-state index contributed by atoms with van der Waals surface area (Å²) in [7, 11) is 0. The summed E-state index contributed by atoms with van der Waals surface area (Å²) < 4.78 is 9.69. The molecule has 0 saturated carbocycles. The van der Waals surface area contributed by atoms with Gasteiger partial charge >= 0.3 is 11.9 Å². The summed E-state index contributed by atoms with van der Waals surface area (Å²) in [6, 6.07) is 0. The smallest absolute Gasteiger partial charge is 0.330 e. The third-order valence-corrected chi connectivity index (χ3v) is 3.92. The van der Waals surface area contributed by atoms with Gasteiger partial charge in [-0.1, -0.05) is 13.2 Å². The number of hydrogen-bond acceptors (Lipinski definition) is 6. The van der Waals surface area contributed by atoms with Crippen LogP contribution in [0.25, 0.3) is 0 Å². The lowest BCUT2D eigenvalue weighted by molar-refractivity contribution is -0.138. The Morgan fingerprint density at radius 1 is 0.842 bits per heavy atom. The topological polar surface area (TPSA) is 52.6 Å². The highest BCUT2D eigenvalue weighted by Gasteiger charge is 1.97. The van der Waals surface area contributed by atoms with Gasteiger partial charge in [0.05, 0.1) is 0 Å².